The van der Waals surface area contributed by atoms with Gasteiger partial charge in [-0.3, -0.25) is 0 Å². The Kier molecular flexibility index (Phi) is 12.3. The number of rotatable bonds is 6. The van der Waals surface area contributed by atoms with E-state index in [1.807, 2.05) is 0 Å². The zero-order valence-electron chi connectivity index (χ0n) is 33.7. The van der Waals surface area contributed by atoms with E-state index in [0.717, 1.165) is 6.04 Å². The van der Waals surface area contributed by atoms with Crippen LogP contribution in [-0.2, 0) is 36.6 Å². The number of ether oxygens (including phenoxy) is 1. The molecule has 15 heteroatoms. The third kappa shape index (κ3) is 9.83. The Morgan fingerprint density at radius 1 is 0.617 bits per heavy atom. The van der Waals surface area contributed by atoms with Gasteiger partial charge in [0.15, 0.2) is 0 Å². The maximum absolute atomic E-state index is 15.1. The van der Waals surface area contributed by atoms with Crippen LogP contribution < -0.4 is 9.97 Å². The SMILES string of the molecule is C[Si](C)(C)C#Cc1ccc(-c2c3nc(c(C(F)(F)F)c4ccc([n-]4)c(-c4ccc(C(=O)OCC[Si](C)(C)C)cc4)c4nc(c(C(F)(F)F)c5ccc2[n-]5)C=C4)C=C3)cc1.[Zn+2]. The largest absolute Gasteiger partial charge is 2.00 e. The van der Waals surface area contributed by atoms with Gasteiger partial charge in [-0.05, 0) is 76.9 Å². The van der Waals surface area contributed by atoms with Crippen molar-refractivity contribution < 1.29 is 55.4 Å². The molecule has 60 heavy (non-hydrogen) atoms. The first-order valence-corrected chi connectivity index (χ1v) is 26.0. The van der Waals surface area contributed by atoms with Crippen LogP contribution in [0.5, 0.6) is 0 Å². The van der Waals surface area contributed by atoms with Crippen LogP contribution in [0.3, 0.4) is 0 Å². The summed E-state index contributed by atoms with van der Waals surface area (Å²) in [6, 6.07) is 18.9. The normalized spacial score (nSPS) is 12.8. The van der Waals surface area contributed by atoms with Gasteiger partial charge < -0.3 is 14.7 Å². The number of fused-ring (bicyclic) bond motifs is 8. The second-order valence-electron chi connectivity index (χ2n) is 16.5. The zero-order valence-corrected chi connectivity index (χ0v) is 38.7. The molecule has 0 unspecified atom stereocenters. The van der Waals surface area contributed by atoms with Crippen molar-refractivity contribution in [3.8, 4) is 33.7 Å². The van der Waals surface area contributed by atoms with Gasteiger partial charge in [-0.1, -0.05) is 93.7 Å². The van der Waals surface area contributed by atoms with E-state index < -0.39 is 68.0 Å². The first kappa shape index (κ1) is 44.3. The molecule has 6 nitrogen and oxygen atoms in total. The third-order valence-electron chi connectivity index (χ3n) is 9.43. The minimum absolute atomic E-state index is 0. The van der Waals surface area contributed by atoms with Gasteiger partial charge >= 0.3 is 37.8 Å². The van der Waals surface area contributed by atoms with Crippen LogP contribution in [0.2, 0.25) is 45.3 Å². The molecular formula is C45H38F6N4O2Si2Zn. The maximum Gasteiger partial charge on any atom is 2.00 e. The van der Waals surface area contributed by atoms with Crippen molar-refractivity contribution in [2.24, 2.45) is 0 Å². The Morgan fingerprint density at radius 3 is 1.45 bits per heavy atom. The summed E-state index contributed by atoms with van der Waals surface area (Å²) < 4.78 is 95.9. The number of halogens is 6. The number of hydrogen-bond acceptors (Lipinski definition) is 4. The van der Waals surface area contributed by atoms with E-state index >= 15 is 26.3 Å². The van der Waals surface area contributed by atoms with Crippen LogP contribution >= 0.6 is 0 Å². The van der Waals surface area contributed by atoms with Crippen molar-refractivity contribution in [2.75, 3.05) is 6.61 Å². The molecule has 0 amide bonds. The fourth-order valence-corrected chi connectivity index (χ4v) is 7.78. The van der Waals surface area contributed by atoms with Crippen molar-refractivity contribution in [1.29, 1.82) is 0 Å². The van der Waals surface area contributed by atoms with Crippen molar-refractivity contribution >= 4 is 68.5 Å². The van der Waals surface area contributed by atoms with Gasteiger partial charge in [-0.25, -0.2) is 14.8 Å². The first-order valence-electron chi connectivity index (χ1n) is 18.8. The smallest absolute Gasteiger partial charge is 0.657 e. The quantitative estimate of drug-likeness (QED) is 0.0716. The summed E-state index contributed by atoms with van der Waals surface area (Å²) in [5, 5.41) is 0. The van der Waals surface area contributed by atoms with E-state index in [-0.39, 0.29) is 65.2 Å². The molecule has 5 aromatic rings. The monoisotopic (exact) mass is 900 g/mol. The van der Waals surface area contributed by atoms with Crippen molar-refractivity contribution in [1.82, 2.24) is 19.9 Å². The van der Waals surface area contributed by atoms with Crippen molar-refractivity contribution in [2.45, 2.75) is 57.7 Å². The van der Waals surface area contributed by atoms with Gasteiger partial charge in [-0.2, -0.15) is 26.3 Å². The number of aromatic nitrogens is 4. The van der Waals surface area contributed by atoms with Gasteiger partial charge in [0.2, 0.25) is 0 Å². The van der Waals surface area contributed by atoms with E-state index in [1.54, 1.807) is 24.3 Å². The molecule has 0 spiro atoms. The summed E-state index contributed by atoms with van der Waals surface area (Å²) in [6.45, 7) is 13.0. The zero-order chi connectivity index (χ0) is 42.5. The molecule has 7 rings (SSSR count). The van der Waals surface area contributed by atoms with Gasteiger partial charge in [0.05, 0.1) is 46.1 Å². The predicted octanol–water partition coefficient (Wildman–Crippen LogP) is 12.0. The Balaban J connectivity index is 0.00000604. The van der Waals surface area contributed by atoms with Crippen LogP contribution in [0.15, 0.2) is 72.8 Å². The fraction of sp³-hybridized carbons (Fsp3) is 0.222. The molecule has 0 radical (unpaired) electrons. The van der Waals surface area contributed by atoms with Gasteiger partial charge in [0, 0.05) is 13.6 Å². The molecule has 0 saturated carbocycles. The molecular weight excluding hydrogens is 864 g/mol. The summed E-state index contributed by atoms with van der Waals surface area (Å²) >= 11 is 0. The van der Waals surface area contributed by atoms with Gasteiger partial charge in [0.1, 0.15) is 8.07 Å². The minimum Gasteiger partial charge on any atom is -0.657 e. The number of esters is 1. The van der Waals surface area contributed by atoms with Crippen LogP contribution in [-0.4, -0.2) is 38.7 Å². The van der Waals surface area contributed by atoms with Crippen molar-refractivity contribution in [3.63, 3.8) is 0 Å². The molecule has 0 atom stereocenters. The average Bonchev–Trinajstić information content (AvgIpc) is 3.97. The summed E-state index contributed by atoms with van der Waals surface area (Å²) in [5.74, 6) is 2.60. The van der Waals surface area contributed by atoms with E-state index in [2.05, 4.69) is 70.7 Å². The molecule has 0 fully saturated rings. The Bertz CT molecular complexity index is 2750. The summed E-state index contributed by atoms with van der Waals surface area (Å²) in [7, 11) is -3.18. The Morgan fingerprint density at radius 2 is 1.03 bits per heavy atom. The predicted molar refractivity (Wildman–Crippen MR) is 226 cm³/mol. The second-order valence-corrected chi connectivity index (χ2v) is 26.8. The molecule has 3 aromatic heterocycles. The molecule has 5 heterocycles. The van der Waals surface area contributed by atoms with E-state index in [1.165, 1.54) is 72.8 Å². The van der Waals surface area contributed by atoms with E-state index in [0.29, 0.717) is 16.7 Å². The Labute approximate surface area is 358 Å². The van der Waals surface area contributed by atoms with E-state index in [4.69, 9.17) is 4.74 Å². The van der Waals surface area contributed by atoms with Gasteiger partial charge in [0.25, 0.3) is 0 Å². The first-order chi connectivity index (χ1) is 27.6. The number of carbonyl (C=O) groups is 1. The second kappa shape index (κ2) is 16.6. The third-order valence-corrected chi connectivity index (χ3v) is 12.0. The number of benzene rings is 2. The number of carbonyl (C=O) groups excluding carboxylic acids is 1. The molecule has 302 valence electrons. The minimum atomic E-state index is -4.91. The molecule has 2 aliphatic heterocycles. The number of alkyl halides is 6. The average molecular weight is 902 g/mol. The fourth-order valence-electron chi connectivity index (χ4n) is 6.55. The summed E-state index contributed by atoms with van der Waals surface area (Å²) in [4.78, 5) is 30.5. The maximum atomic E-state index is 15.1. The van der Waals surface area contributed by atoms with Crippen LogP contribution in [0, 0.1) is 11.5 Å². The molecule has 2 aromatic carbocycles. The van der Waals surface area contributed by atoms with Crippen LogP contribution in [0.25, 0.3) is 68.6 Å². The summed E-state index contributed by atoms with van der Waals surface area (Å²) in [5.41, 5.74) is 1.62. The van der Waals surface area contributed by atoms with Crippen LogP contribution in [0.4, 0.5) is 26.3 Å². The molecule has 0 saturated heterocycles. The van der Waals surface area contributed by atoms with Gasteiger partial charge in [-0.15, -0.1) is 27.6 Å². The number of nitrogens with zero attached hydrogens (tertiary/aromatic N) is 4. The van der Waals surface area contributed by atoms with Crippen molar-refractivity contribution in [3.05, 3.63) is 118 Å². The summed E-state index contributed by atoms with van der Waals surface area (Å²) in [6.07, 6.45) is -4.67. The van der Waals surface area contributed by atoms with Crippen LogP contribution in [0.1, 0.15) is 49.8 Å². The number of hydrogen-bond donors (Lipinski definition) is 0. The molecule has 2 aliphatic rings. The molecule has 0 aliphatic carbocycles. The van der Waals surface area contributed by atoms with E-state index in [9.17, 15) is 4.79 Å². The Hall–Kier alpha value is -5.29. The topological polar surface area (TPSA) is 80.3 Å². The standard InChI is InChI=1S/C45H39F6N4O2Si2.Zn/c1-58(2,3)25-23-27-7-9-28(10-8-27)39-31-15-19-35(52-31)41(44(46,47)48)37-21-17-33(54-37)40(29-11-13-30(14-12-29)43(56)57-24-26-59(4,5)6)34-18-22-38(55-34)42(45(49,50)51)36-20-16-32(39)53-36;/h7-22H,24,26H2,1-6H3,(H-,52,53,54,55,56);/q-1;+2/p-1. The molecule has 0 N–H and O–H groups in total. The molecule has 8 bridgehead atoms.